The minimum atomic E-state index is 0.305. The summed E-state index contributed by atoms with van der Waals surface area (Å²) >= 11 is 14.6. The van der Waals surface area contributed by atoms with Crippen LogP contribution < -0.4 is 15.2 Å². The van der Waals surface area contributed by atoms with Crippen molar-refractivity contribution in [2.75, 3.05) is 7.11 Å². The quantitative estimate of drug-likeness (QED) is 0.777. The molecular weight excluding hydrogens is 374 g/mol. The first-order valence-corrected chi connectivity index (χ1v) is 7.63. The zero-order valence-corrected chi connectivity index (χ0v) is 14.4. The van der Waals surface area contributed by atoms with Crippen molar-refractivity contribution >= 4 is 44.7 Å². The Bertz CT molecular complexity index is 679. The largest absolute Gasteiger partial charge is 0.497 e. The van der Waals surface area contributed by atoms with Crippen LogP contribution in [0.5, 0.6) is 11.5 Å². The molecule has 2 aromatic rings. The first-order chi connectivity index (χ1) is 10.0. The number of rotatable bonds is 5. The van der Waals surface area contributed by atoms with Gasteiger partial charge in [-0.25, -0.2) is 0 Å². The van der Waals surface area contributed by atoms with Gasteiger partial charge in [0.15, 0.2) is 0 Å². The van der Waals surface area contributed by atoms with Gasteiger partial charge < -0.3 is 15.2 Å². The maximum absolute atomic E-state index is 6.16. The number of hydrogen-bond donors (Lipinski definition) is 1. The predicted octanol–water partition coefficient (Wildman–Crippen LogP) is 4.32. The molecule has 0 radical (unpaired) electrons. The highest BCUT2D eigenvalue weighted by molar-refractivity contribution is 9.10. The highest BCUT2D eigenvalue weighted by atomic mass is 79.9. The van der Waals surface area contributed by atoms with Crippen LogP contribution in [0.4, 0.5) is 0 Å². The van der Waals surface area contributed by atoms with E-state index in [0.717, 1.165) is 15.8 Å². The summed E-state index contributed by atoms with van der Waals surface area (Å²) in [4.78, 5) is 0.305. The molecule has 6 heteroatoms. The van der Waals surface area contributed by atoms with Gasteiger partial charge in [0.05, 0.1) is 12.1 Å². The van der Waals surface area contributed by atoms with E-state index in [0.29, 0.717) is 27.9 Å². The lowest BCUT2D eigenvalue weighted by molar-refractivity contribution is 0.304. The SMILES string of the molecule is COc1ccc(Br)c(COc2ccc(C(N)=S)cc2Cl)c1. The highest BCUT2D eigenvalue weighted by Gasteiger charge is 2.07. The van der Waals surface area contributed by atoms with E-state index in [-0.39, 0.29) is 0 Å². The normalized spacial score (nSPS) is 10.2. The minimum absolute atomic E-state index is 0.305. The van der Waals surface area contributed by atoms with Crippen molar-refractivity contribution in [2.45, 2.75) is 6.61 Å². The summed E-state index contributed by atoms with van der Waals surface area (Å²) < 4.78 is 11.9. The zero-order chi connectivity index (χ0) is 15.4. The molecular formula is C15H13BrClNO2S. The fourth-order valence-corrected chi connectivity index (χ4v) is 2.44. The number of nitrogens with two attached hydrogens (primary N) is 1. The zero-order valence-electron chi connectivity index (χ0n) is 11.2. The lowest BCUT2D eigenvalue weighted by Gasteiger charge is -2.11. The smallest absolute Gasteiger partial charge is 0.138 e. The third-order valence-electron chi connectivity index (χ3n) is 2.85. The van der Waals surface area contributed by atoms with Crippen molar-refractivity contribution in [2.24, 2.45) is 5.73 Å². The average Bonchev–Trinajstić information content (AvgIpc) is 2.47. The average molecular weight is 387 g/mol. The van der Waals surface area contributed by atoms with Crippen molar-refractivity contribution in [3.8, 4) is 11.5 Å². The van der Waals surface area contributed by atoms with E-state index < -0.39 is 0 Å². The molecule has 0 saturated heterocycles. The van der Waals surface area contributed by atoms with Crippen molar-refractivity contribution < 1.29 is 9.47 Å². The summed E-state index contributed by atoms with van der Waals surface area (Å²) in [6, 6.07) is 10.9. The van der Waals surface area contributed by atoms with Crippen LogP contribution in [0.25, 0.3) is 0 Å². The first kappa shape index (κ1) is 16.1. The number of halogens is 2. The summed E-state index contributed by atoms with van der Waals surface area (Å²) in [5.41, 5.74) is 7.24. The second-order valence-corrected chi connectivity index (χ2v) is 5.96. The van der Waals surface area contributed by atoms with Crippen LogP contribution in [0.2, 0.25) is 5.02 Å². The summed E-state index contributed by atoms with van der Waals surface area (Å²) in [6.45, 7) is 0.365. The molecule has 0 heterocycles. The molecule has 0 aliphatic rings. The van der Waals surface area contributed by atoms with Crippen LogP contribution in [0.15, 0.2) is 40.9 Å². The molecule has 0 spiro atoms. The van der Waals surface area contributed by atoms with Crippen LogP contribution in [0, 0.1) is 0 Å². The Morgan fingerprint density at radius 3 is 2.67 bits per heavy atom. The molecule has 0 bridgehead atoms. The van der Waals surface area contributed by atoms with Gasteiger partial charge in [-0.05, 0) is 36.4 Å². The fourth-order valence-electron chi connectivity index (χ4n) is 1.72. The molecule has 2 aromatic carbocycles. The van der Waals surface area contributed by atoms with Gasteiger partial charge in [0.25, 0.3) is 0 Å². The molecule has 3 nitrogen and oxygen atoms in total. The molecule has 0 atom stereocenters. The van der Waals surface area contributed by atoms with E-state index in [4.69, 9.17) is 39.0 Å². The highest BCUT2D eigenvalue weighted by Crippen LogP contribution is 2.28. The fraction of sp³-hybridized carbons (Fsp3) is 0.133. The van der Waals surface area contributed by atoms with E-state index in [1.165, 1.54) is 0 Å². The summed E-state index contributed by atoms with van der Waals surface area (Å²) in [6.07, 6.45) is 0. The molecule has 2 rings (SSSR count). The molecule has 0 saturated carbocycles. The number of ether oxygens (including phenoxy) is 2. The monoisotopic (exact) mass is 385 g/mol. The van der Waals surface area contributed by atoms with Crippen LogP contribution in [-0.4, -0.2) is 12.1 Å². The second-order valence-electron chi connectivity index (χ2n) is 4.26. The Balaban J connectivity index is 2.15. The Labute approximate surface area is 142 Å². The molecule has 0 fully saturated rings. The van der Waals surface area contributed by atoms with Gasteiger partial charge in [-0.15, -0.1) is 0 Å². The minimum Gasteiger partial charge on any atom is -0.497 e. The van der Waals surface area contributed by atoms with Gasteiger partial charge in [-0.3, -0.25) is 0 Å². The van der Waals surface area contributed by atoms with E-state index in [1.807, 2.05) is 18.2 Å². The topological polar surface area (TPSA) is 44.5 Å². The number of thiocarbonyl (C=S) groups is 1. The maximum atomic E-state index is 6.16. The molecule has 0 unspecified atom stereocenters. The Kier molecular flexibility index (Phi) is 5.45. The Morgan fingerprint density at radius 2 is 2.05 bits per heavy atom. The molecule has 0 aliphatic heterocycles. The van der Waals surface area contributed by atoms with Gasteiger partial charge in [0, 0.05) is 15.6 Å². The Morgan fingerprint density at radius 1 is 1.29 bits per heavy atom. The van der Waals surface area contributed by atoms with Crippen molar-refractivity contribution in [3.05, 3.63) is 57.0 Å². The third-order valence-corrected chi connectivity index (χ3v) is 4.16. The number of hydrogen-bond acceptors (Lipinski definition) is 3. The second kappa shape index (κ2) is 7.11. The summed E-state index contributed by atoms with van der Waals surface area (Å²) in [5.74, 6) is 1.35. The standard InChI is InChI=1S/C15H13BrClNO2S/c1-19-11-3-4-12(16)10(6-11)8-20-14-5-2-9(15(18)21)7-13(14)17/h2-7H,8H2,1H3,(H2,18,21). The Hall–Kier alpha value is -1.30. The maximum Gasteiger partial charge on any atom is 0.138 e. The molecule has 21 heavy (non-hydrogen) atoms. The summed E-state index contributed by atoms with van der Waals surface area (Å²) in [5, 5.41) is 0.472. The first-order valence-electron chi connectivity index (χ1n) is 6.06. The number of benzene rings is 2. The summed E-state index contributed by atoms with van der Waals surface area (Å²) in [7, 11) is 1.62. The van der Waals surface area contributed by atoms with Crippen molar-refractivity contribution in [3.63, 3.8) is 0 Å². The van der Waals surface area contributed by atoms with Gasteiger partial charge >= 0.3 is 0 Å². The van der Waals surface area contributed by atoms with Gasteiger partial charge in [-0.1, -0.05) is 39.7 Å². The lowest BCUT2D eigenvalue weighted by atomic mass is 10.2. The predicted molar refractivity (Wildman–Crippen MR) is 92.4 cm³/mol. The van der Waals surface area contributed by atoms with Gasteiger partial charge in [-0.2, -0.15) is 0 Å². The van der Waals surface area contributed by atoms with Crippen LogP contribution in [-0.2, 0) is 6.61 Å². The molecule has 110 valence electrons. The van der Waals surface area contributed by atoms with E-state index in [9.17, 15) is 0 Å². The molecule has 2 N–H and O–H groups in total. The van der Waals surface area contributed by atoms with Gasteiger partial charge in [0.1, 0.15) is 23.1 Å². The molecule has 0 amide bonds. The number of methoxy groups -OCH3 is 1. The van der Waals surface area contributed by atoms with Crippen LogP contribution in [0.3, 0.4) is 0 Å². The van der Waals surface area contributed by atoms with Crippen molar-refractivity contribution in [1.82, 2.24) is 0 Å². The molecule has 0 aromatic heterocycles. The van der Waals surface area contributed by atoms with E-state index in [2.05, 4.69) is 15.9 Å². The van der Waals surface area contributed by atoms with Gasteiger partial charge in [0.2, 0.25) is 0 Å². The van der Waals surface area contributed by atoms with E-state index in [1.54, 1.807) is 25.3 Å². The van der Waals surface area contributed by atoms with E-state index >= 15 is 0 Å². The van der Waals surface area contributed by atoms with Crippen molar-refractivity contribution in [1.29, 1.82) is 0 Å². The molecule has 0 aliphatic carbocycles. The van der Waals surface area contributed by atoms with Crippen LogP contribution >= 0.6 is 39.7 Å². The third kappa shape index (κ3) is 4.09. The van der Waals surface area contributed by atoms with Crippen LogP contribution in [0.1, 0.15) is 11.1 Å². The lowest BCUT2D eigenvalue weighted by Crippen LogP contribution is -2.09.